The summed E-state index contributed by atoms with van der Waals surface area (Å²) >= 11 is 0. The first-order valence-corrected chi connectivity index (χ1v) is 5.30. The highest BCUT2D eigenvalue weighted by Crippen LogP contribution is 2.37. The molecule has 15 heavy (non-hydrogen) atoms. The van der Waals surface area contributed by atoms with Gasteiger partial charge in [0.15, 0.2) is 0 Å². The zero-order valence-corrected chi connectivity index (χ0v) is 9.30. The van der Waals surface area contributed by atoms with Crippen molar-refractivity contribution in [1.29, 1.82) is 0 Å². The molecule has 0 aliphatic carbocycles. The largest absolute Gasteiger partial charge is 0.496 e. The summed E-state index contributed by atoms with van der Waals surface area (Å²) in [7, 11) is 1.71. The summed E-state index contributed by atoms with van der Waals surface area (Å²) in [6.07, 6.45) is 1.83. The van der Waals surface area contributed by atoms with E-state index in [4.69, 9.17) is 15.2 Å². The van der Waals surface area contributed by atoms with Crippen LogP contribution in [0.15, 0.2) is 6.07 Å². The fourth-order valence-corrected chi connectivity index (χ4v) is 2.19. The van der Waals surface area contributed by atoms with Crippen molar-refractivity contribution in [2.24, 2.45) is 5.73 Å². The van der Waals surface area contributed by atoms with Gasteiger partial charge in [-0.25, -0.2) is 0 Å². The van der Waals surface area contributed by atoms with Crippen LogP contribution >= 0.6 is 0 Å². The highest BCUT2D eigenvalue weighted by atomic mass is 16.5. The predicted octanol–water partition coefficient (Wildman–Crippen LogP) is 1.44. The van der Waals surface area contributed by atoms with Gasteiger partial charge in [-0.1, -0.05) is 0 Å². The third-order valence-corrected chi connectivity index (χ3v) is 2.85. The minimum atomic E-state index is 0.645. The smallest absolute Gasteiger partial charge is 0.126 e. The molecule has 0 bridgehead atoms. The van der Waals surface area contributed by atoms with E-state index in [2.05, 4.69) is 6.92 Å². The summed E-state index contributed by atoms with van der Waals surface area (Å²) in [5, 5.41) is 0. The molecule has 0 saturated carbocycles. The number of rotatable bonds is 3. The summed E-state index contributed by atoms with van der Waals surface area (Å²) in [5.74, 6) is 1.99. The molecule has 2 N–H and O–H groups in total. The molecule has 82 valence electrons. The molecule has 1 aliphatic rings. The van der Waals surface area contributed by atoms with E-state index in [9.17, 15) is 0 Å². The lowest BCUT2D eigenvalue weighted by Crippen LogP contribution is -2.07. The molecule has 2 rings (SSSR count). The number of fused-ring (bicyclic) bond motifs is 1. The second kappa shape index (κ2) is 4.11. The number of aryl methyl sites for hydroxylation is 1. The molecule has 1 aromatic rings. The second-order valence-electron chi connectivity index (χ2n) is 3.82. The average molecular weight is 207 g/mol. The molecule has 0 aromatic heterocycles. The molecule has 0 unspecified atom stereocenters. The molecule has 0 spiro atoms. The first-order valence-electron chi connectivity index (χ1n) is 5.30. The molecule has 3 nitrogen and oxygen atoms in total. The molecule has 1 aromatic carbocycles. The van der Waals surface area contributed by atoms with Gasteiger partial charge < -0.3 is 15.2 Å². The van der Waals surface area contributed by atoms with Crippen molar-refractivity contribution in [2.45, 2.75) is 19.8 Å². The molecule has 0 radical (unpaired) electrons. The first kappa shape index (κ1) is 10.3. The Balaban J connectivity index is 2.54. The molecule has 1 aliphatic heterocycles. The SMILES string of the molecule is COc1cc(C)c2c(c1CCN)CCO2. The topological polar surface area (TPSA) is 44.5 Å². The first-order chi connectivity index (χ1) is 7.27. The highest BCUT2D eigenvalue weighted by molar-refractivity contribution is 5.55. The van der Waals surface area contributed by atoms with Crippen LogP contribution < -0.4 is 15.2 Å². The molecule has 0 atom stereocenters. The van der Waals surface area contributed by atoms with Crippen molar-refractivity contribution in [3.8, 4) is 11.5 Å². The zero-order valence-electron chi connectivity index (χ0n) is 9.30. The molecule has 3 heteroatoms. The maximum Gasteiger partial charge on any atom is 0.126 e. The lowest BCUT2D eigenvalue weighted by molar-refractivity contribution is 0.354. The fraction of sp³-hybridized carbons (Fsp3) is 0.500. The quantitative estimate of drug-likeness (QED) is 0.815. The average Bonchev–Trinajstić information content (AvgIpc) is 2.71. The summed E-state index contributed by atoms with van der Waals surface area (Å²) in [6, 6.07) is 2.04. The lowest BCUT2D eigenvalue weighted by atomic mass is 9.98. The van der Waals surface area contributed by atoms with Gasteiger partial charge in [-0.2, -0.15) is 0 Å². The Labute approximate surface area is 90.2 Å². The van der Waals surface area contributed by atoms with Crippen molar-refractivity contribution in [1.82, 2.24) is 0 Å². The Morgan fingerprint density at radius 3 is 3.00 bits per heavy atom. The van der Waals surface area contributed by atoms with E-state index in [1.54, 1.807) is 7.11 Å². The molecule has 0 fully saturated rings. The van der Waals surface area contributed by atoms with E-state index >= 15 is 0 Å². The Bertz CT molecular complexity index is 374. The predicted molar refractivity (Wildman–Crippen MR) is 59.7 cm³/mol. The van der Waals surface area contributed by atoms with Gasteiger partial charge in [-0.05, 0) is 31.5 Å². The van der Waals surface area contributed by atoms with Crippen molar-refractivity contribution in [3.63, 3.8) is 0 Å². The molecular formula is C12H17NO2. The van der Waals surface area contributed by atoms with Gasteiger partial charge in [0.1, 0.15) is 11.5 Å². The van der Waals surface area contributed by atoms with Crippen LogP contribution in [0.1, 0.15) is 16.7 Å². The van der Waals surface area contributed by atoms with E-state index in [1.165, 1.54) is 11.1 Å². The normalized spacial score (nSPS) is 13.5. The van der Waals surface area contributed by atoms with Crippen molar-refractivity contribution in [3.05, 3.63) is 22.8 Å². The minimum Gasteiger partial charge on any atom is -0.496 e. The van der Waals surface area contributed by atoms with Gasteiger partial charge in [-0.3, -0.25) is 0 Å². The van der Waals surface area contributed by atoms with Gasteiger partial charge in [0.2, 0.25) is 0 Å². The summed E-state index contributed by atoms with van der Waals surface area (Å²) in [5.41, 5.74) is 9.28. The van der Waals surface area contributed by atoms with Crippen LogP contribution in [0, 0.1) is 6.92 Å². The van der Waals surface area contributed by atoms with Crippen molar-refractivity contribution < 1.29 is 9.47 Å². The van der Waals surface area contributed by atoms with Crippen LogP contribution in [-0.2, 0) is 12.8 Å². The number of benzene rings is 1. The number of hydrogen-bond donors (Lipinski definition) is 1. The van der Waals surface area contributed by atoms with Gasteiger partial charge in [0, 0.05) is 17.5 Å². The Morgan fingerprint density at radius 2 is 2.33 bits per heavy atom. The number of nitrogens with two attached hydrogens (primary N) is 1. The second-order valence-corrected chi connectivity index (χ2v) is 3.82. The van der Waals surface area contributed by atoms with Gasteiger partial charge in [0.05, 0.1) is 13.7 Å². The van der Waals surface area contributed by atoms with Crippen LogP contribution in [0.2, 0.25) is 0 Å². The van der Waals surface area contributed by atoms with Crippen LogP contribution in [0.3, 0.4) is 0 Å². The summed E-state index contributed by atoms with van der Waals surface area (Å²) in [4.78, 5) is 0. The highest BCUT2D eigenvalue weighted by Gasteiger charge is 2.21. The molecular weight excluding hydrogens is 190 g/mol. The Morgan fingerprint density at radius 1 is 1.53 bits per heavy atom. The molecule has 1 heterocycles. The number of ether oxygens (including phenoxy) is 2. The zero-order chi connectivity index (χ0) is 10.8. The Hall–Kier alpha value is -1.22. The monoisotopic (exact) mass is 207 g/mol. The third kappa shape index (κ3) is 1.67. The third-order valence-electron chi connectivity index (χ3n) is 2.85. The number of methoxy groups -OCH3 is 1. The van der Waals surface area contributed by atoms with Crippen LogP contribution in [0.25, 0.3) is 0 Å². The van der Waals surface area contributed by atoms with Crippen LogP contribution in [0.5, 0.6) is 11.5 Å². The van der Waals surface area contributed by atoms with Gasteiger partial charge in [0.25, 0.3) is 0 Å². The number of hydrogen-bond acceptors (Lipinski definition) is 3. The van der Waals surface area contributed by atoms with Gasteiger partial charge >= 0.3 is 0 Å². The maximum atomic E-state index is 5.62. The fourth-order valence-electron chi connectivity index (χ4n) is 2.19. The van der Waals surface area contributed by atoms with E-state index < -0.39 is 0 Å². The minimum absolute atomic E-state index is 0.645. The Kier molecular flexibility index (Phi) is 2.82. The van der Waals surface area contributed by atoms with Crippen molar-refractivity contribution >= 4 is 0 Å². The summed E-state index contributed by atoms with van der Waals surface area (Å²) < 4.78 is 11.0. The maximum absolute atomic E-state index is 5.62. The van der Waals surface area contributed by atoms with E-state index in [0.29, 0.717) is 6.54 Å². The van der Waals surface area contributed by atoms with Gasteiger partial charge in [-0.15, -0.1) is 0 Å². The van der Waals surface area contributed by atoms with Crippen LogP contribution in [-0.4, -0.2) is 20.3 Å². The lowest BCUT2D eigenvalue weighted by Gasteiger charge is -2.13. The molecule has 0 saturated heterocycles. The van der Waals surface area contributed by atoms with Crippen LogP contribution in [0.4, 0.5) is 0 Å². The van der Waals surface area contributed by atoms with E-state index in [1.807, 2.05) is 6.07 Å². The van der Waals surface area contributed by atoms with E-state index in [-0.39, 0.29) is 0 Å². The van der Waals surface area contributed by atoms with Crippen molar-refractivity contribution in [2.75, 3.05) is 20.3 Å². The van der Waals surface area contributed by atoms with E-state index in [0.717, 1.165) is 36.5 Å². The standard InChI is InChI=1S/C12H17NO2/c1-8-7-11(14-2)9(3-5-13)10-4-6-15-12(8)10/h7H,3-6,13H2,1-2H3. The summed E-state index contributed by atoms with van der Waals surface area (Å²) in [6.45, 7) is 3.48. The molecule has 0 amide bonds.